The minimum Gasteiger partial charge on any atom is -0.356 e. The van der Waals surface area contributed by atoms with Crippen LogP contribution in [-0.4, -0.2) is 44.6 Å². The average Bonchev–Trinajstić information content (AvgIpc) is 3.30. The summed E-state index contributed by atoms with van der Waals surface area (Å²) in [5, 5.41) is 4.32. The molecule has 0 bridgehead atoms. The summed E-state index contributed by atoms with van der Waals surface area (Å²) in [5.41, 5.74) is 1.27. The molecule has 0 aromatic carbocycles. The minimum atomic E-state index is 0.0594. The van der Waals surface area contributed by atoms with Gasteiger partial charge in [-0.1, -0.05) is 0 Å². The first-order chi connectivity index (χ1) is 13.5. The highest BCUT2D eigenvalue weighted by atomic mass is 32.1. The number of anilines is 1. The molecule has 1 fully saturated rings. The Labute approximate surface area is 168 Å². The maximum Gasteiger partial charge on any atom is 0.223 e. The molecule has 1 aliphatic rings. The van der Waals surface area contributed by atoms with Crippen LogP contribution in [0.5, 0.6) is 0 Å². The number of thiophene rings is 1. The van der Waals surface area contributed by atoms with Crippen LogP contribution in [0.4, 0.5) is 5.82 Å². The molecule has 8 heteroatoms. The molecule has 4 heterocycles. The summed E-state index contributed by atoms with van der Waals surface area (Å²) < 4.78 is 1.99. The molecule has 0 spiro atoms. The molecule has 3 aromatic heterocycles. The van der Waals surface area contributed by atoms with Crippen LogP contribution in [0.1, 0.15) is 30.2 Å². The van der Waals surface area contributed by atoms with Gasteiger partial charge in [0.2, 0.25) is 5.91 Å². The van der Waals surface area contributed by atoms with E-state index < -0.39 is 0 Å². The lowest BCUT2D eigenvalue weighted by molar-refractivity contribution is -0.126. The number of rotatable bonds is 5. The maximum absolute atomic E-state index is 12.7. The average molecular weight is 399 g/mol. The standard InChI is InChI=1S/C20H26N6OS/c1-13(10-25-9-6-21-12-25)24-19(27)16-4-7-26(8-5-16)18-17-14(2)15(3)28-20(17)23-11-22-18/h6,9,11-13,16H,4-5,7-8,10H2,1-3H3,(H,24,27). The van der Waals surface area contributed by atoms with Crippen molar-refractivity contribution < 1.29 is 4.79 Å². The second-order valence-electron chi connectivity index (χ2n) is 7.59. The smallest absolute Gasteiger partial charge is 0.223 e. The van der Waals surface area contributed by atoms with Crippen molar-refractivity contribution in [2.45, 2.75) is 46.2 Å². The number of fused-ring (bicyclic) bond motifs is 1. The molecule has 1 amide bonds. The molecule has 28 heavy (non-hydrogen) atoms. The minimum absolute atomic E-state index is 0.0594. The van der Waals surface area contributed by atoms with Gasteiger partial charge >= 0.3 is 0 Å². The summed E-state index contributed by atoms with van der Waals surface area (Å²) in [6.07, 6.45) is 8.79. The lowest BCUT2D eigenvalue weighted by Crippen LogP contribution is -2.44. The molecule has 0 radical (unpaired) electrons. The number of carbonyl (C=O) groups excluding carboxylic acids is 1. The van der Waals surface area contributed by atoms with Crippen molar-refractivity contribution in [3.05, 3.63) is 35.5 Å². The molecule has 1 aliphatic heterocycles. The normalized spacial score (nSPS) is 16.5. The Hall–Kier alpha value is -2.48. The molecule has 1 unspecified atom stereocenters. The zero-order valence-electron chi connectivity index (χ0n) is 16.6. The van der Waals surface area contributed by atoms with Gasteiger partial charge < -0.3 is 14.8 Å². The predicted octanol–water partition coefficient (Wildman–Crippen LogP) is 2.93. The van der Waals surface area contributed by atoms with E-state index in [1.807, 2.05) is 17.7 Å². The number of piperidine rings is 1. The van der Waals surface area contributed by atoms with Crippen LogP contribution >= 0.6 is 11.3 Å². The van der Waals surface area contributed by atoms with Gasteiger partial charge in [0.15, 0.2) is 0 Å². The quantitative estimate of drug-likeness (QED) is 0.715. The van der Waals surface area contributed by atoms with E-state index in [9.17, 15) is 4.79 Å². The summed E-state index contributed by atoms with van der Waals surface area (Å²) in [4.78, 5) is 30.4. The van der Waals surface area contributed by atoms with E-state index in [2.05, 4.69) is 39.0 Å². The summed E-state index contributed by atoms with van der Waals surface area (Å²) in [7, 11) is 0. The highest BCUT2D eigenvalue weighted by Crippen LogP contribution is 2.35. The van der Waals surface area contributed by atoms with Crippen LogP contribution in [0, 0.1) is 19.8 Å². The molecule has 1 N–H and O–H groups in total. The Bertz CT molecular complexity index is 959. The third-order valence-corrected chi connectivity index (χ3v) is 6.66. The number of aryl methyl sites for hydroxylation is 2. The molecule has 1 atom stereocenters. The third-order valence-electron chi connectivity index (χ3n) is 5.54. The van der Waals surface area contributed by atoms with Crippen molar-refractivity contribution in [1.29, 1.82) is 0 Å². The number of hydrogen-bond acceptors (Lipinski definition) is 6. The van der Waals surface area contributed by atoms with Crippen molar-refractivity contribution in [3.63, 3.8) is 0 Å². The molecular weight excluding hydrogens is 372 g/mol. The van der Waals surface area contributed by atoms with E-state index in [-0.39, 0.29) is 17.9 Å². The molecule has 7 nitrogen and oxygen atoms in total. The number of aromatic nitrogens is 4. The van der Waals surface area contributed by atoms with Crippen molar-refractivity contribution in [3.8, 4) is 0 Å². The number of hydrogen-bond donors (Lipinski definition) is 1. The molecule has 148 valence electrons. The summed E-state index contributed by atoms with van der Waals surface area (Å²) in [5.74, 6) is 1.23. The molecule has 4 rings (SSSR count). The van der Waals surface area contributed by atoms with E-state index in [0.717, 1.165) is 43.1 Å². The zero-order valence-corrected chi connectivity index (χ0v) is 17.4. The van der Waals surface area contributed by atoms with Gasteiger partial charge in [-0.15, -0.1) is 11.3 Å². The van der Waals surface area contributed by atoms with E-state index >= 15 is 0 Å². The van der Waals surface area contributed by atoms with Gasteiger partial charge in [-0.25, -0.2) is 15.0 Å². The second-order valence-corrected chi connectivity index (χ2v) is 8.79. The number of amides is 1. The number of imidazole rings is 1. The summed E-state index contributed by atoms with van der Waals surface area (Å²) in [6.45, 7) is 8.73. The van der Waals surface area contributed by atoms with Gasteiger partial charge in [-0.2, -0.15) is 0 Å². The predicted molar refractivity (Wildman–Crippen MR) is 112 cm³/mol. The zero-order chi connectivity index (χ0) is 19.7. The van der Waals surface area contributed by atoms with Crippen molar-refractivity contribution in [2.24, 2.45) is 5.92 Å². The Balaban J connectivity index is 1.38. The maximum atomic E-state index is 12.7. The lowest BCUT2D eigenvalue weighted by Gasteiger charge is -2.33. The molecule has 1 saturated heterocycles. The van der Waals surface area contributed by atoms with Crippen LogP contribution in [0.2, 0.25) is 0 Å². The van der Waals surface area contributed by atoms with Gasteiger partial charge in [-0.3, -0.25) is 4.79 Å². The van der Waals surface area contributed by atoms with E-state index in [4.69, 9.17) is 0 Å². The topological polar surface area (TPSA) is 75.9 Å². The first-order valence-corrected chi connectivity index (χ1v) is 10.6. The van der Waals surface area contributed by atoms with Gasteiger partial charge in [0, 0.05) is 48.9 Å². The van der Waals surface area contributed by atoms with Crippen LogP contribution in [0.25, 0.3) is 10.2 Å². The number of nitrogens with one attached hydrogen (secondary N) is 1. The van der Waals surface area contributed by atoms with Crippen LogP contribution in [0.15, 0.2) is 25.0 Å². The fourth-order valence-corrected chi connectivity index (χ4v) is 4.87. The third kappa shape index (κ3) is 3.73. The Morgan fingerprint density at radius 3 is 2.82 bits per heavy atom. The number of carbonyl (C=O) groups is 1. The largest absolute Gasteiger partial charge is 0.356 e. The second kappa shape index (κ2) is 7.87. The van der Waals surface area contributed by atoms with Gasteiger partial charge in [-0.05, 0) is 39.2 Å². The Kier molecular flexibility index (Phi) is 5.30. The highest BCUT2D eigenvalue weighted by Gasteiger charge is 2.28. The Morgan fingerprint density at radius 1 is 1.32 bits per heavy atom. The van der Waals surface area contributed by atoms with E-state index in [1.165, 1.54) is 15.8 Å². The molecule has 0 saturated carbocycles. The van der Waals surface area contributed by atoms with Crippen molar-refractivity contribution in [1.82, 2.24) is 24.8 Å². The first kappa shape index (κ1) is 18.9. The van der Waals surface area contributed by atoms with Crippen LogP contribution < -0.4 is 10.2 Å². The highest BCUT2D eigenvalue weighted by molar-refractivity contribution is 7.18. The van der Waals surface area contributed by atoms with Gasteiger partial charge in [0.25, 0.3) is 0 Å². The fourth-order valence-electron chi connectivity index (χ4n) is 3.87. The number of nitrogens with zero attached hydrogens (tertiary/aromatic N) is 5. The van der Waals surface area contributed by atoms with Crippen LogP contribution in [0.3, 0.4) is 0 Å². The van der Waals surface area contributed by atoms with Crippen molar-refractivity contribution >= 4 is 33.3 Å². The molecular formula is C20H26N6OS. The van der Waals surface area contributed by atoms with E-state index in [1.54, 1.807) is 30.2 Å². The summed E-state index contributed by atoms with van der Waals surface area (Å²) >= 11 is 1.72. The fraction of sp³-hybridized carbons (Fsp3) is 0.500. The summed E-state index contributed by atoms with van der Waals surface area (Å²) in [6, 6.07) is 0.0812. The lowest BCUT2D eigenvalue weighted by atomic mass is 9.95. The van der Waals surface area contributed by atoms with Crippen LogP contribution in [-0.2, 0) is 11.3 Å². The SMILES string of the molecule is Cc1sc2ncnc(N3CCC(C(=O)NC(C)Cn4ccnc4)CC3)c2c1C. The van der Waals surface area contributed by atoms with Gasteiger partial charge in [0.05, 0.1) is 11.7 Å². The molecule has 0 aliphatic carbocycles. The van der Waals surface area contributed by atoms with Crippen molar-refractivity contribution in [2.75, 3.05) is 18.0 Å². The monoisotopic (exact) mass is 398 g/mol. The van der Waals surface area contributed by atoms with Gasteiger partial charge in [0.1, 0.15) is 17.0 Å². The Morgan fingerprint density at radius 2 is 2.11 bits per heavy atom. The molecule has 3 aromatic rings. The van der Waals surface area contributed by atoms with E-state index in [0.29, 0.717) is 0 Å². The first-order valence-electron chi connectivity index (χ1n) is 9.74.